The SMILES string of the molecule is C[C@@H](O)CCNc1cc(Cl)ncc1-c1ccc(N2CCC(N(C)C)CC2)cn1. The van der Waals surface area contributed by atoms with E-state index >= 15 is 0 Å². The summed E-state index contributed by atoms with van der Waals surface area (Å²) in [5.74, 6) is 0. The van der Waals surface area contributed by atoms with Gasteiger partial charge in [0.2, 0.25) is 0 Å². The Morgan fingerprint density at radius 2 is 2.00 bits per heavy atom. The molecule has 2 aromatic rings. The first-order chi connectivity index (χ1) is 13.4. The van der Waals surface area contributed by atoms with Crippen molar-refractivity contribution in [3.8, 4) is 11.3 Å². The summed E-state index contributed by atoms with van der Waals surface area (Å²) in [7, 11) is 4.31. The van der Waals surface area contributed by atoms with Crippen LogP contribution >= 0.6 is 11.6 Å². The van der Waals surface area contributed by atoms with Gasteiger partial charge in [-0.15, -0.1) is 0 Å². The maximum atomic E-state index is 9.47. The normalized spacial score (nSPS) is 16.4. The highest BCUT2D eigenvalue weighted by Crippen LogP contribution is 2.29. The minimum Gasteiger partial charge on any atom is -0.393 e. The summed E-state index contributed by atoms with van der Waals surface area (Å²) < 4.78 is 0. The smallest absolute Gasteiger partial charge is 0.131 e. The molecular formula is C21H30ClN5O. The van der Waals surface area contributed by atoms with Gasteiger partial charge in [0.25, 0.3) is 0 Å². The van der Waals surface area contributed by atoms with Crippen molar-refractivity contribution < 1.29 is 5.11 Å². The van der Waals surface area contributed by atoms with Gasteiger partial charge in [-0.05, 0) is 58.5 Å². The lowest BCUT2D eigenvalue weighted by atomic mass is 10.0. The van der Waals surface area contributed by atoms with Crippen LogP contribution in [-0.2, 0) is 0 Å². The van der Waals surface area contributed by atoms with Gasteiger partial charge >= 0.3 is 0 Å². The first-order valence-electron chi connectivity index (χ1n) is 9.89. The minimum atomic E-state index is -0.345. The molecule has 0 aromatic carbocycles. The third-order valence-electron chi connectivity index (χ3n) is 5.33. The zero-order chi connectivity index (χ0) is 20.1. The molecule has 1 atom stereocenters. The van der Waals surface area contributed by atoms with Crippen molar-refractivity contribution in [1.29, 1.82) is 0 Å². The zero-order valence-electron chi connectivity index (χ0n) is 16.9. The summed E-state index contributed by atoms with van der Waals surface area (Å²) >= 11 is 6.08. The second kappa shape index (κ2) is 9.54. The van der Waals surface area contributed by atoms with E-state index in [9.17, 15) is 5.11 Å². The van der Waals surface area contributed by atoms with Gasteiger partial charge < -0.3 is 20.2 Å². The van der Waals surface area contributed by atoms with Gasteiger partial charge in [-0.25, -0.2) is 4.98 Å². The summed E-state index contributed by atoms with van der Waals surface area (Å²) in [5, 5.41) is 13.2. The summed E-state index contributed by atoms with van der Waals surface area (Å²) in [5.41, 5.74) is 3.81. The molecule has 0 saturated carbocycles. The molecule has 2 aromatic heterocycles. The third-order valence-corrected chi connectivity index (χ3v) is 5.54. The lowest BCUT2D eigenvalue weighted by Crippen LogP contribution is -2.42. The van der Waals surface area contributed by atoms with Crippen LogP contribution in [0.15, 0.2) is 30.6 Å². The summed E-state index contributed by atoms with van der Waals surface area (Å²) in [6.07, 6.45) is 6.36. The number of aromatic nitrogens is 2. The maximum absolute atomic E-state index is 9.47. The standard InChI is InChI=1S/C21H30ClN5O/c1-15(28)6-9-23-20-12-21(22)25-14-18(20)19-5-4-17(13-24-19)27-10-7-16(8-11-27)26(2)3/h4-5,12-16,28H,6-11H2,1-3H3,(H,23,25)/t15-/m1/s1. The van der Waals surface area contributed by atoms with Gasteiger partial charge in [0.05, 0.1) is 23.7 Å². The van der Waals surface area contributed by atoms with Crippen LogP contribution in [0, 0.1) is 0 Å². The van der Waals surface area contributed by atoms with Crippen molar-refractivity contribution in [1.82, 2.24) is 14.9 Å². The van der Waals surface area contributed by atoms with Crippen LogP contribution in [0.3, 0.4) is 0 Å². The van der Waals surface area contributed by atoms with Crippen LogP contribution in [-0.4, -0.2) is 65.8 Å². The lowest BCUT2D eigenvalue weighted by Gasteiger charge is -2.36. The second-order valence-corrected chi connectivity index (χ2v) is 8.09. The molecule has 7 heteroatoms. The van der Waals surface area contributed by atoms with Crippen molar-refractivity contribution in [2.45, 2.75) is 38.3 Å². The van der Waals surface area contributed by atoms with Crippen LogP contribution in [0.1, 0.15) is 26.2 Å². The van der Waals surface area contributed by atoms with Crippen molar-refractivity contribution in [3.05, 3.63) is 35.7 Å². The van der Waals surface area contributed by atoms with Crippen LogP contribution in [0.4, 0.5) is 11.4 Å². The molecule has 0 radical (unpaired) electrons. The highest BCUT2D eigenvalue weighted by molar-refractivity contribution is 6.29. The molecule has 0 aliphatic carbocycles. The Kier molecular flexibility index (Phi) is 7.10. The molecule has 1 saturated heterocycles. The number of nitrogens with one attached hydrogen (secondary N) is 1. The van der Waals surface area contributed by atoms with E-state index in [0.29, 0.717) is 24.2 Å². The van der Waals surface area contributed by atoms with Crippen molar-refractivity contribution in [3.63, 3.8) is 0 Å². The van der Waals surface area contributed by atoms with Crippen molar-refractivity contribution in [2.24, 2.45) is 0 Å². The first-order valence-corrected chi connectivity index (χ1v) is 10.3. The molecule has 3 heterocycles. The fourth-order valence-corrected chi connectivity index (χ4v) is 3.73. The molecule has 1 fully saturated rings. The maximum Gasteiger partial charge on any atom is 0.131 e. The molecule has 152 valence electrons. The van der Waals surface area contributed by atoms with Crippen LogP contribution in [0.2, 0.25) is 5.15 Å². The lowest BCUT2D eigenvalue weighted by molar-refractivity contribution is 0.189. The quantitative estimate of drug-likeness (QED) is 0.690. The molecule has 0 amide bonds. The number of anilines is 2. The topological polar surface area (TPSA) is 64.5 Å². The van der Waals surface area contributed by atoms with Crippen LogP contribution in [0.5, 0.6) is 0 Å². The van der Waals surface area contributed by atoms with Gasteiger partial charge in [0.1, 0.15) is 5.15 Å². The Labute approximate surface area is 172 Å². The number of piperidine rings is 1. The Bertz CT molecular complexity index is 758. The Morgan fingerprint density at radius 1 is 1.25 bits per heavy atom. The molecular weight excluding hydrogens is 374 g/mol. The largest absolute Gasteiger partial charge is 0.393 e. The fraction of sp³-hybridized carbons (Fsp3) is 0.524. The van der Waals surface area contributed by atoms with Gasteiger partial charge in [0, 0.05) is 43.1 Å². The zero-order valence-corrected chi connectivity index (χ0v) is 17.7. The van der Waals surface area contributed by atoms with Gasteiger partial charge in [-0.3, -0.25) is 4.98 Å². The predicted molar refractivity (Wildman–Crippen MR) is 116 cm³/mol. The summed E-state index contributed by atoms with van der Waals surface area (Å²) in [6, 6.07) is 6.64. The van der Waals surface area contributed by atoms with Gasteiger partial charge in [-0.1, -0.05) is 11.6 Å². The average molecular weight is 404 g/mol. The van der Waals surface area contributed by atoms with E-state index in [1.165, 1.54) is 12.8 Å². The second-order valence-electron chi connectivity index (χ2n) is 7.70. The number of hydrogen-bond acceptors (Lipinski definition) is 6. The molecule has 28 heavy (non-hydrogen) atoms. The Hall–Kier alpha value is -1.89. The Morgan fingerprint density at radius 3 is 2.61 bits per heavy atom. The van der Waals surface area contributed by atoms with Crippen LogP contribution < -0.4 is 10.2 Å². The highest BCUT2D eigenvalue weighted by atomic mass is 35.5. The van der Waals surface area contributed by atoms with E-state index in [0.717, 1.165) is 35.7 Å². The number of aliphatic hydroxyl groups is 1. The first kappa shape index (κ1) is 20.8. The van der Waals surface area contributed by atoms with E-state index in [2.05, 4.69) is 45.2 Å². The van der Waals surface area contributed by atoms with E-state index < -0.39 is 0 Å². The predicted octanol–water partition coefficient (Wildman–Crippen LogP) is 3.51. The van der Waals surface area contributed by atoms with Gasteiger partial charge in [-0.2, -0.15) is 0 Å². The van der Waals surface area contributed by atoms with E-state index in [4.69, 9.17) is 11.6 Å². The molecule has 6 nitrogen and oxygen atoms in total. The van der Waals surface area contributed by atoms with E-state index in [-0.39, 0.29) is 6.10 Å². The van der Waals surface area contributed by atoms with Gasteiger partial charge in [0.15, 0.2) is 0 Å². The molecule has 0 unspecified atom stereocenters. The number of halogens is 1. The Balaban J connectivity index is 1.71. The molecule has 1 aliphatic heterocycles. The van der Waals surface area contributed by atoms with Crippen LogP contribution in [0.25, 0.3) is 11.3 Å². The third kappa shape index (κ3) is 5.34. The van der Waals surface area contributed by atoms with Crippen molar-refractivity contribution in [2.75, 3.05) is 43.9 Å². The average Bonchev–Trinajstić information content (AvgIpc) is 2.68. The fourth-order valence-electron chi connectivity index (χ4n) is 3.57. The molecule has 3 rings (SSSR count). The number of pyridine rings is 2. The minimum absolute atomic E-state index is 0.345. The highest BCUT2D eigenvalue weighted by Gasteiger charge is 2.21. The van der Waals surface area contributed by atoms with E-state index in [1.54, 1.807) is 19.2 Å². The number of rotatable bonds is 7. The number of aliphatic hydroxyl groups excluding tert-OH is 1. The number of hydrogen-bond donors (Lipinski definition) is 2. The molecule has 1 aliphatic rings. The summed E-state index contributed by atoms with van der Waals surface area (Å²) in [4.78, 5) is 13.6. The molecule has 0 bridgehead atoms. The molecule has 0 spiro atoms. The monoisotopic (exact) mass is 403 g/mol. The van der Waals surface area contributed by atoms with Crippen molar-refractivity contribution >= 4 is 23.0 Å². The molecule has 2 N–H and O–H groups in total. The summed E-state index contributed by atoms with van der Waals surface area (Å²) in [6.45, 7) is 4.55. The number of nitrogens with zero attached hydrogens (tertiary/aromatic N) is 4. The van der Waals surface area contributed by atoms with E-state index in [1.807, 2.05) is 12.3 Å².